The lowest BCUT2D eigenvalue weighted by atomic mass is 10.2. The van der Waals surface area contributed by atoms with Crippen LogP contribution in [-0.2, 0) is 11.3 Å². The van der Waals surface area contributed by atoms with E-state index in [0.29, 0.717) is 30.6 Å². The molecule has 0 saturated carbocycles. The Labute approximate surface area is 166 Å². The Morgan fingerprint density at radius 2 is 2.07 bits per heavy atom. The van der Waals surface area contributed by atoms with Crippen LogP contribution in [0, 0.1) is 0 Å². The highest BCUT2D eigenvalue weighted by molar-refractivity contribution is 6.30. The molecule has 8 nitrogen and oxygen atoms in total. The van der Waals surface area contributed by atoms with Crippen LogP contribution in [0.1, 0.15) is 16.2 Å². The third-order valence-corrected chi connectivity index (χ3v) is 4.54. The summed E-state index contributed by atoms with van der Waals surface area (Å²) in [7, 11) is 0. The summed E-state index contributed by atoms with van der Waals surface area (Å²) >= 11 is 5.95. The Hall–Kier alpha value is -2.97. The molecule has 28 heavy (non-hydrogen) atoms. The van der Waals surface area contributed by atoms with E-state index >= 15 is 0 Å². The van der Waals surface area contributed by atoms with Gasteiger partial charge >= 0.3 is 11.8 Å². The molecular formula is C19H18ClN5O3. The van der Waals surface area contributed by atoms with E-state index in [1.165, 1.54) is 0 Å². The maximum Gasteiger partial charge on any atom is 0.316 e. The van der Waals surface area contributed by atoms with Crippen molar-refractivity contribution >= 4 is 23.3 Å². The third-order valence-electron chi connectivity index (χ3n) is 4.30. The number of anilines is 1. The van der Waals surface area contributed by atoms with Gasteiger partial charge in [0.2, 0.25) is 5.82 Å². The number of hydrogen-bond acceptors (Lipinski definition) is 7. The number of rotatable bonds is 5. The van der Waals surface area contributed by atoms with E-state index in [1.807, 2.05) is 18.2 Å². The monoisotopic (exact) mass is 399 g/mol. The number of morpholine rings is 1. The van der Waals surface area contributed by atoms with E-state index in [-0.39, 0.29) is 5.89 Å². The molecule has 0 spiro atoms. The molecule has 1 N–H and O–H groups in total. The van der Waals surface area contributed by atoms with Gasteiger partial charge in [0.1, 0.15) is 5.82 Å². The quantitative estimate of drug-likeness (QED) is 0.704. The van der Waals surface area contributed by atoms with E-state index in [4.69, 9.17) is 20.9 Å². The number of aromatic nitrogens is 3. The van der Waals surface area contributed by atoms with Gasteiger partial charge in [-0.05, 0) is 29.8 Å². The number of benzene rings is 1. The molecule has 3 heterocycles. The highest BCUT2D eigenvalue weighted by atomic mass is 35.5. The summed E-state index contributed by atoms with van der Waals surface area (Å²) in [6.07, 6.45) is 1.69. The van der Waals surface area contributed by atoms with E-state index in [2.05, 4.69) is 25.3 Å². The summed E-state index contributed by atoms with van der Waals surface area (Å²) < 4.78 is 10.5. The number of amides is 1. The molecule has 2 aromatic heterocycles. The van der Waals surface area contributed by atoms with Crippen LogP contribution >= 0.6 is 11.6 Å². The average Bonchev–Trinajstić information content (AvgIpc) is 3.23. The maximum absolute atomic E-state index is 12.3. The smallest absolute Gasteiger partial charge is 0.316 e. The predicted octanol–water partition coefficient (Wildman–Crippen LogP) is 2.55. The summed E-state index contributed by atoms with van der Waals surface area (Å²) in [4.78, 5) is 23.0. The number of carbonyl (C=O) groups is 1. The van der Waals surface area contributed by atoms with Gasteiger partial charge in [0.25, 0.3) is 0 Å². The Morgan fingerprint density at radius 3 is 2.89 bits per heavy atom. The minimum atomic E-state index is -0.443. The summed E-state index contributed by atoms with van der Waals surface area (Å²) in [6.45, 7) is 3.21. The lowest BCUT2D eigenvalue weighted by molar-refractivity contribution is 0.0907. The Balaban J connectivity index is 1.44. The molecule has 0 radical (unpaired) electrons. The third kappa shape index (κ3) is 4.29. The number of nitrogens with zero attached hydrogens (tertiary/aromatic N) is 4. The van der Waals surface area contributed by atoms with E-state index < -0.39 is 5.91 Å². The fourth-order valence-electron chi connectivity index (χ4n) is 2.86. The second kappa shape index (κ2) is 8.37. The van der Waals surface area contributed by atoms with Crippen LogP contribution in [0.4, 0.5) is 5.82 Å². The summed E-state index contributed by atoms with van der Waals surface area (Å²) in [5.74, 6) is 0.616. The van der Waals surface area contributed by atoms with Gasteiger partial charge in [0.15, 0.2) is 0 Å². The molecular weight excluding hydrogens is 382 g/mol. The number of pyridine rings is 1. The molecule has 1 aliphatic rings. The average molecular weight is 400 g/mol. The van der Waals surface area contributed by atoms with Crippen LogP contribution < -0.4 is 10.2 Å². The molecule has 0 bridgehead atoms. The normalized spacial score (nSPS) is 14.1. The van der Waals surface area contributed by atoms with Crippen LogP contribution in [0.5, 0.6) is 0 Å². The van der Waals surface area contributed by atoms with Crippen molar-refractivity contribution in [2.45, 2.75) is 6.54 Å². The SMILES string of the molecule is O=C(NCc1cccc(Cl)c1)c1nc(-c2ccnc(N3CCOCC3)c2)no1. The molecule has 1 saturated heterocycles. The largest absolute Gasteiger partial charge is 0.378 e. The highest BCUT2D eigenvalue weighted by Gasteiger charge is 2.18. The zero-order chi connectivity index (χ0) is 19.3. The summed E-state index contributed by atoms with van der Waals surface area (Å²) in [5, 5.41) is 7.28. The second-order valence-corrected chi connectivity index (χ2v) is 6.67. The van der Waals surface area contributed by atoms with Crippen molar-refractivity contribution in [3.8, 4) is 11.4 Å². The van der Waals surface area contributed by atoms with Crippen molar-refractivity contribution in [2.24, 2.45) is 0 Å². The number of ether oxygens (including phenoxy) is 1. The fraction of sp³-hybridized carbons (Fsp3) is 0.263. The van der Waals surface area contributed by atoms with Crippen molar-refractivity contribution in [3.05, 3.63) is 59.1 Å². The van der Waals surface area contributed by atoms with Gasteiger partial charge in [-0.3, -0.25) is 4.79 Å². The Morgan fingerprint density at radius 1 is 1.21 bits per heavy atom. The van der Waals surface area contributed by atoms with Crippen molar-refractivity contribution in [1.82, 2.24) is 20.4 Å². The van der Waals surface area contributed by atoms with Crippen LogP contribution in [0.2, 0.25) is 5.02 Å². The first-order valence-corrected chi connectivity index (χ1v) is 9.22. The standard InChI is InChI=1S/C19H18ClN5O3/c20-15-3-1-2-13(10-15)12-22-18(26)19-23-17(24-28-19)14-4-5-21-16(11-14)25-6-8-27-9-7-25/h1-5,10-11H,6-9,12H2,(H,22,26). The van der Waals surface area contributed by atoms with Gasteiger partial charge in [-0.25, -0.2) is 4.98 Å². The highest BCUT2D eigenvalue weighted by Crippen LogP contribution is 2.21. The number of halogens is 1. The Kier molecular flexibility index (Phi) is 5.50. The molecule has 3 aromatic rings. The Bertz CT molecular complexity index is 971. The van der Waals surface area contributed by atoms with Gasteiger partial charge in [-0.15, -0.1) is 0 Å². The molecule has 0 unspecified atom stereocenters. The van der Waals surface area contributed by atoms with Crippen LogP contribution in [0.3, 0.4) is 0 Å². The second-order valence-electron chi connectivity index (χ2n) is 6.24. The summed E-state index contributed by atoms with van der Waals surface area (Å²) in [5.41, 5.74) is 1.61. The molecule has 9 heteroatoms. The topological polar surface area (TPSA) is 93.4 Å². The molecule has 0 atom stereocenters. The van der Waals surface area contributed by atoms with Crippen molar-refractivity contribution in [3.63, 3.8) is 0 Å². The van der Waals surface area contributed by atoms with Crippen molar-refractivity contribution in [2.75, 3.05) is 31.2 Å². The molecule has 1 amide bonds. The molecule has 144 valence electrons. The number of carbonyl (C=O) groups excluding carboxylic acids is 1. The van der Waals surface area contributed by atoms with Crippen molar-refractivity contribution < 1.29 is 14.1 Å². The maximum atomic E-state index is 12.3. The first-order valence-electron chi connectivity index (χ1n) is 8.84. The first kappa shape index (κ1) is 18.4. The first-order chi connectivity index (χ1) is 13.7. The van der Waals surface area contributed by atoms with Crippen LogP contribution in [0.25, 0.3) is 11.4 Å². The van der Waals surface area contributed by atoms with Gasteiger partial charge in [-0.2, -0.15) is 4.98 Å². The van der Waals surface area contributed by atoms with Crippen LogP contribution in [-0.4, -0.2) is 47.3 Å². The molecule has 1 fully saturated rings. The summed E-state index contributed by atoms with van der Waals surface area (Å²) in [6, 6.07) is 10.9. The fourth-order valence-corrected chi connectivity index (χ4v) is 3.07. The van der Waals surface area contributed by atoms with Gasteiger partial charge in [-0.1, -0.05) is 28.9 Å². The predicted molar refractivity (Wildman–Crippen MR) is 103 cm³/mol. The van der Waals surface area contributed by atoms with Crippen molar-refractivity contribution in [1.29, 1.82) is 0 Å². The van der Waals surface area contributed by atoms with E-state index in [0.717, 1.165) is 30.0 Å². The van der Waals surface area contributed by atoms with Gasteiger partial charge in [0.05, 0.1) is 13.2 Å². The molecule has 0 aliphatic carbocycles. The zero-order valence-corrected chi connectivity index (χ0v) is 15.7. The number of hydrogen-bond donors (Lipinski definition) is 1. The molecule has 1 aliphatic heterocycles. The van der Waals surface area contributed by atoms with Crippen LogP contribution in [0.15, 0.2) is 47.1 Å². The lowest BCUT2D eigenvalue weighted by Gasteiger charge is -2.27. The van der Waals surface area contributed by atoms with Gasteiger partial charge < -0.3 is 19.5 Å². The van der Waals surface area contributed by atoms with Gasteiger partial charge in [0, 0.05) is 36.4 Å². The minimum Gasteiger partial charge on any atom is -0.378 e. The van der Waals surface area contributed by atoms with E-state index in [9.17, 15) is 4.79 Å². The lowest BCUT2D eigenvalue weighted by Crippen LogP contribution is -2.36. The van der Waals surface area contributed by atoms with E-state index in [1.54, 1.807) is 24.4 Å². The number of nitrogens with one attached hydrogen (secondary N) is 1. The molecule has 1 aromatic carbocycles. The molecule has 4 rings (SSSR count). The zero-order valence-electron chi connectivity index (χ0n) is 15.0. The minimum absolute atomic E-state index is 0.0956.